The van der Waals surface area contributed by atoms with Crippen LogP contribution in [0.4, 0.5) is 0 Å². The fourth-order valence-electron chi connectivity index (χ4n) is 2.00. The first-order valence-electron chi connectivity index (χ1n) is 6.36. The van der Waals surface area contributed by atoms with E-state index >= 15 is 0 Å². The van der Waals surface area contributed by atoms with Gasteiger partial charge in [-0.1, -0.05) is 42.3 Å². The van der Waals surface area contributed by atoms with Crippen LogP contribution in [0.2, 0.25) is 9.36 Å². The SMILES string of the molecule is CCCNC(c1ccc(Cl)s1)c1ccc(C)cc1Cl. The highest BCUT2D eigenvalue weighted by atomic mass is 35.5. The second-order valence-corrected chi connectivity index (χ2v) is 6.71. The minimum absolute atomic E-state index is 0.116. The van der Waals surface area contributed by atoms with Crippen LogP contribution in [-0.2, 0) is 0 Å². The van der Waals surface area contributed by atoms with Crippen molar-refractivity contribution < 1.29 is 0 Å². The van der Waals surface area contributed by atoms with Crippen molar-refractivity contribution in [2.45, 2.75) is 26.3 Å². The molecule has 0 amide bonds. The van der Waals surface area contributed by atoms with E-state index < -0.39 is 0 Å². The molecule has 1 aromatic carbocycles. The molecule has 1 aromatic heterocycles. The number of thiophene rings is 1. The van der Waals surface area contributed by atoms with Crippen LogP contribution in [0.15, 0.2) is 30.3 Å². The highest BCUT2D eigenvalue weighted by molar-refractivity contribution is 7.16. The van der Waals surface area contributed by atoms with E-state index in [2.05, 4.69) is 30.4 Å². The summed E-state index contributed by atoms with van der Waals surface area (Å²) in [6, 6.07) is 10.3. The summed E-state index contributed by atoms with van der Waals surface area (Å²) < 4.78 is 0.807. The lowest BCUT2D eigenvalue weighted by atomic mass is 10.0. The molecule has 0 bridgehead atoms. The van der Waals surface area contributed by atoms with Gasteiger partial charge in [-0.25, -0.2) is 0 Å². The summed E-state index contributed by atoms with van der Waals surface area (Å²) in [6.45, 7) is 5.15. The molecule has 0 aliphatic heterocycles. The Balaban J connectivity index is 2.36. The van der Waals surface area contributed by atoms with Crippen molar-refractivity contribution in [1.29, 1.82) is 0 Å². The number of benzene rings is 1. The Kier molecular flexibility index (Phi) is 5.28. The van der Waals surface area contributed by atoms with E-state index in [9.17, 15) is 0 Å². The molecule has 0 aliphatic carbocycles. The van der Waals surface area contributed by atoms with Gasteiger partial charge in [-0.15, -0.1) is 11.3 Å². The first-order chi connectivity index (χ1) is 9.11. The van der Waals surface area contributed by atoms with Gasteiger partial charge in [0.2, 0.25) is 0 Å². The smallest absolute Gasteiger partial charge is 0.0931 e. The van der Waals surface area contributed by atoms with Crippen LogP contribution in [-0.4, -0.2) is 6.54 Å². The van der Waals surface area contributed by atoms with Gasteiger partial charge >= 0.3 is 0 Å². The summed E-state index contributed by atoms with van der Waals surface area (Å²) >= 11 is 14.0. The predicted octanol–water partition coefficient (Wildman–Crippen LogP) is 5.45. The molecule has 1 nitrogen and oxygen atoms in total. The molecule has 0 spiro atoms. The van der Waals surface area contributed by atoms with E-state index in [1.807, 2.05) is 19.1 Å². The molecule has 0 saturated heterocycles. The molecule has 1 heterocycles. The molecule has 0 radical (unpaired) electrons. The van der Waals surface area contributed by atoms with Gasteiger partial charge in [-0.3, -0.25) is 0 Å². The van der Waals surface area contributed by atoms with Crippen molar-refractivity contribution >= 4 is 34.5 Å². The van der Waals surface area contributed by atoms with Gasteiger partial charge in [0.05, 0.1) is 10.4 Å². The summed E-state index contributed by atoms with van der Waals surface area (Å²) in [7, 11) is 0. The molecule has 102 valence electrons. The topological polar surface area (TPSA) is 12.0 Å². The van der Waals surface area contributed by atoms with Crippen LogP contribution < -0.4 is 5.32 Å². The zero-order valence-corrected chi connectivity index (χ0v) is 13.4. The molecule has 0 saturated carbocycles. The van der Waals surface area contributed by atoms with E-state index in [1.54, 1.807) is 11.3 Å². The van der Waals surface area contributed by atoms with Crippen LogP contribution >= 0.6 is 34.5 Å². The van der Waals surface area contributed by atoms with E-state index in [-0.39, 0.29) is 6.04 Å². The van der Waals surface area contributed by atoms with Crippen molar-refractivity contribution in [2.75, 3.05) is 6.54 Å². The first kappa shape index (κ1) is 14.9. The maximum Gasteiger partial charge on any atom is 0.0931 e. The number of hydrogen-bond acceptors (Lipinski definition) is 2. The maximum atomic E-state index is 6.39. The van der Waals surface area contributed by atoms with Gasteiger partial charge in [0.15, 0.2) is 0 Å². The Labute approximate surface area is 128 Å². The van der Waals surface area contributed by atoms with Gasteiger partial charge in [-0.2, -0.15) is 0 Å². The van der Waals surface area contributed by atoms with Crippen molar-refractivity contribution in [3.05, 3.63) is 55.7 Å². The predicted molar refractivity (Wildman–Crippen MR) is 85.7 cm³/mol. The molecule has 1 N–H and O–H groups in total. The lowest BCUT2D eigenvalue weighted by Gasteiger charge is -2.19. The van der Waals surface area contributed by atoms with E-state index in [1.165, 1.54) is 10.4 Å². The molecule has 1 unspecified atom stereocenters. The Hall–Kier alpha value is -0.540. The Morgan fingerprint density at radius 3 is 2.58 bits per heavy atom. The molecular formula is C15H17Cl2NS. The second kappa shape index (κ2) is 6.76. The Morgan fingerprint density at radius 1 is 1.21 bits per heavy atom. The largest absolute Gasteiger partial charge is 0.306 e. The van der Waals surface area contributed by atoms with Gasteiger partial charge in [0.1, 0.15) is 0 Å². The lowest BCUT2D eigenvalue weighted by Crippen LogP contribution is -2.22. The van der Waals surface area contributed by atoms with Crippen LogP contribution in [0, 0.1) is 6.92 Å². The van der Waals surface area contributed by atoms with Crippen molar-refractivity contribution in [2.24, 2.45) is 0 Å². The lowest BCUT2D eigenvalue weighted by molar-refractivity contribution is 0.606. The highest BCUT2D eigenvalue weighted by Gasteiger charge is 2.18. The minimum Gasteiger partial charge on any atom is -0.306 e. The monoisotopic (exact) mass is 313 g/mol. The number of hydrogen-bond donors (Lipinski definition) is 1. The Morgan fingerprint density at radius 2 is 2.00 bits per heavy atom. The molecular weight excluding hydrogens is 297 g/mol. The van der Waals surface area contributed by atoms with Crippen LogP contribution in [0.5, 0.6) is 0 Å². The third-order valence-corrected chi connectivity index (χ3v) is 4.57. The fraction of sp³-hybridized carbons (Fsp3) is 0.333. The first-order valence-corrected chi connectivity index (χ1v) is 7.93. The van der Waals surface area contributed by atoms with Gasteiger partial charge in [0.25, 0.3) is 0 Å². The number of aryl methyl sites for hydroxylation is 1. The fourth-order valence-corrected chi connectivity index (χ4v) is 3.50. The standard InChI is InChI=1S/C15H17Cl2NS/c1-3-8-18-15(13-6-7-14(17)19-13)11-5-4-10(2)9-12(11)16/h4-7,9,15,18H,3,8H2,1-2H3. The minimum atomic E-state index is 0.116. The maximum absolute atomic E-state index is 6.39. The molecule has 1 atom stereocenters. The van der Waals surface area contributed by atoms with Gasteiger partial charge < -0.3 is 5.32 Å². The number of nitrogens with one attached hydrogen (secondary N) is 1. The molecule has 19 heavy (non-hydrogen) atoms. The summed E-state index contributed by atoms with van der Waals surface area (Å²) in [5.74, 6) is 0. The summed E-state index contributed by atoms with van der Waals surface area (Å²) in [6.07, 6.45) is 1.08. The molecule has 4 heteroatoms. The van der Waals surface area contributed by atoms with Crippen LogP contribution in [0.1, 0.15) is 35.4 Å². The highest BCUT2D eigenvalue weighted by Crippen LogP contribution is 2.34. The normalized spacial score (nSPS) is 12.6. The number of halogens is 2. The molecule has 2 rings (SSSR count). The van der Waals surface area contributed by atoms with Crippen molar-refractivity contribution in [1.82, 2.24) is 5.32 Å². The summed E-state index contributed by atoms with van der Waals surface area (Å²) in [4.78, 5) is 1.20. The zero-order valence-electron chi connectivity index (χ0n) is 11.0. The van der Waals surface area contributed by atoms with Crippen LogP contribution in [0.3, 0.4) is 0 Å². The third-order valence-electron chi connectivity index (χ3n) is 2.94. The second-order valence-electron chi connectivity index (χ2n) is 4.55. The number of rotatable bonds is 5. The molecule has 0 aliphatic rings. The Bertz CT molecular complexity index is 551. The average molecular weight is 314 g/mol. The average Bonchev–Trinajstić information content (AvgIpc) is 2.78. The third kappa shape index (κ3) is 3.73. The quantitative estimate of drug-likeness (QED) is 0.773. The van der Waals surface area contributed by atoms with Crippen molar-refractivity contribution in [3.63, 3.8) is 0 Å². The van der Waals surface area contributed by atoms with Gasteiger partial charge in [-0.05, 0) is 49.2 Å². The molecule has 0 fully saturated rings. The van der Waals surface area contributed by atoms with E-state index in [0.717, 1.165) is 27.9 Å². The van der Waals surface area contributed by atoms with Crippen molar-refractivity contribution in [3.8, 4) is 0 Å². The zero-order chi connectivity index (χ0) is 13.8. The molecule has 2 aromatic rings. The van der Waals surface area contributed by atoms with Crippen LogP contribution in [0.25, 0.3) is 0 Å². The summed E-state index contributed by atoms with van der Waals surface area (Å²) in [5, 5.41) is 4.35. The van der Waals surface area contributed by atoms with E-state index in [4.69, 9.17) is 23.2 Å². The van der Waals surface area contributed by atoms with E-state index in [0.29, 0.717) is 0 Å². The summed E-state index contributed by atoms with van der Waals surface area (Å²) in [5.41, 5.74) is 2.28. The van der Waals surface area contributed by atoms with Gasteiger partial charge in [0, 0.05) is 9.90 Å².